The van der Waals surface area contributed by atoms with Crippen molar-refractivity contribution in [2.45, 2.75) is 20.3 Å². The number of benzene rings is 1. The number of hydrogen-bond acceptors (Lipinski definition) is 1. The minimum Gasteiger partial charge on any atom is -0.355 e. The molecule has 0 radical (unpaired) electrons. The van der Waals surface area contributed by atoms with E-state index in [2.05, 4.69) is 17.2 Å². The number of carbonyl (C=O) groups excluding carboxylic acids is 1. The maximum absolute atomic E-state index is 10.6. The van der Waals surface area contributed by atoms with Crippen molar-refractivity contribution in [1.29, 1.82) is 0 Å². The Morgan fingerprint density at radius 2 is 2.13 bits per heavy atom. The summed E-state index contributed by atoms with van der Waals surface area (Å²) in [7, 11) is 0. The summed E-state index contributed by atoms with van der Waals surface area (Å²) in [5.41, 5.74) is 2.24. The molecule has 1 aromatic carbocycles. The molecule has 0 aromatic heterocycles. The molecule has 0 saturated heterocycles. The first kappa shape index (κ1) is 11.3. The normalized spacial score (nSPS) is 8.93. The first-order valence-corrected chi connectivity index (χ1v) is 4.99. The second-order valence-electron chi connectivity index (χ2n) is 3.35. The van der Waals surface area contributed by atoms with Crippen molar-refractivity contribution in [3.63, 3.8) is 0 Å². The lowest BCUT2D eigenvalue weighted by atomic mass is 10.1. The summed E-state index contributed by atoms with van der Waals surface area (Å²) in [4.78, 5) is 10.6. The molecule has 1 rings (SSSR count). The average molecular weight is 201 g/mol. The van der Waals surface area contributed by atoms with Crippen molar-refractivity contribution in [3.05, 3.63) is 35.4 Å². The van der Waals surface area contributed by atoms with E-state index in [1.54, 1.807) is 0 Å². The average Bonchev–Trinajstić information content (AvgIpc) is 2.20. The minimum atomic E-state index is -0.00677. The molecular formula is C13H15NO. The quantitative estimate of drug-likeness (QED) is 0.574. The molecule has 0 fully saturated rings. The molecule has 2 nitrogen and oxygen atoms in total. The Morgan fingerprint density at radius 1 is 1.40 bits per heavy atom. The van der Waals surface area contributed by atoms with Gasteiger partial charge in [-0.25, -0.2) is 0 Å². The van der Waals surface area contributed by atoms with E-state index in [1.165, 1.54) is 12.5 Å². The van der Waals surface area contributed by atoms with Gasteiger partial charge in [-0.15, -0.1) is 0 Å². The van der Waals surface area contributed by atoms with Crippen LogP contribution in [0.1, 0.15) is 24.5 Å². The monoisotopic (exact) mass is 201 g/mol. The van der Waals surface area contributed by atoms with Crippen LogP contribution in [0.3, 0.4) is 0 Å². The molecule has 1 aromatic rings. The number of amides is 1. The maximum atomic E-state index is 10.6. The van der Waals surface area contributed by atoms with Gasteiger partial charge in [-0.05, 0) is 18.6 Å². The summed E-state index contributed by atoms with van der Waals surface area (Å²) >= 11 is 0. The van der Waals surface area contributed by atoms with Gasteiger partial charge in [0.05, 0.1) is 0 Å². The Hall–Kier alpha value is -1.75. The fraction of sp³-hybridized carbons (Fsp3) is 0.308. The molecule has 0 aliphatic rings. The van der Waals surface area contributed by atoms with Gasteiger partial charge in [0, 0.05) is 25.5 Å². The first-order chi connectivity index (χ1) is 7.20. The number of nitrogens with one attached hydrogen (secondary N) is 1. The van der Waals surface area contributed by atoms with Gasteiger partial charge in [-0.1, -0.05) is 30.0 Å². The van der Waals surface area contributed by atoms with Gasteiger partial charge in [-0.2, -0.15) is 0 Å². The highest BCUT2D eigenvalue weighted by atomic mass is 16.1. The summed E-state index contributed by atoms with van der Waals surface area (Å²) in [5, 5.41) is 2.70. The molecule has 0 bridgehead atoms. The highest BCUT2D eigenvalue weighted by Gasteiger charge is 1.90. The summed E-state index contributed by atoms with van der Waals surface area (Å²) < 4.78 is 0. The smallest absolute Gasteiger partial charge is 0.216 e. The Labute approximate surface area is 90.7 Å². The van der Waals surface area contributed by atoms with E-state index >= 15 is 0 Å². The third kappa shape index (κ3) is 4.33. The standard InChI is InChI=1S/C13H15NO/c1-11-7-3-4-8-13(11)9-5-6-10-14-12(2)15/h3-4,7-8H,6,10H2,1-2H3,(H,14,15). The van der Waals surface area contributed by atoms with Crippen molar-refractivity contribution in [3.8, 4) is 11.8 Å². The van der Waals surface area contributed by atoms with E-state index in [0.717, 1.165) is 5.56 Å². The fourth-order valence-corrected chi connectivity index (χ4v) is 1.17. The summed E-state index contributed by atoms with van der Waals surface area (Å²) in [6, 6.07) is 8.02. The molecule has 0 atom stereocenters. The summed E-state index contributed by atoms with van der Waals surface area (Å²) in [6.45, 7) is 4.17. The maximum Gasteiger partial charge on any atom is 0.216 e. The Morgan fingerprint density at radius 3 is 2.80 bits per heavy atom. The van der Waals surface area contributed by atoms with E-state index in [1.807, 2.05) is 31.2 Å². The van der Waals surface area contributed by atoms with E-state index < -0.39 is 0 Å². The van der Waals surface area contributed by atoms with Gasteiger partial charge in [0.15, 0.2) is 0 Å². The summed E-state index contributed by atoms with van der Waals surface area (Å²) in [5.74, 6) is 6.11. The Kier molecular flexibility index (Phi) is 4.43. The number of aryl methyl sites for hydroxylation is 1. The van der Waals surface area contributed by atoms with Crippen LogP contribution in [0.15, 0.2) is 24.3 Å². The van der Waals surface area contributed by atoms with Crippen molar-refractivity contribution in [1.82, 2.24) is 5.32 Å². The molecule has 78 valence electrons. The van der Waals surface area contributed by atoms with Crippen molar-refractivity contribution in [2.75, 3.05) is 6.54 Å². The lowest BCUT2D eigenvalue weighted by molar-refractivity contribution is -0.118. The molecule has 0 spiro atoms. The van der Waals surface area contributed by atoms with Crippen LogP contribution in [0, 0.1) is 18.8 Å². The largest absolute Gasteiger partial charge is 0.355 e. The van der Waals surface area contributed by atoms with Crippen molar-refractivity contribution >= 4 is 5.91 Å². The number of carbonyl (C=O) groups is 1. The Bertz CT molecular complexity index is 398. The van der Waals surface area contributed by atoms with E-state index in [-0.39, 0.29) is 5.91 Å². The molecular weight excluding hydrogens is 186 g/mol. The predicted molar refractivity (Wildman–Crippen MR) is 61.4 cm³/mol. The first-order valence-electron chi connectivity index (χ1n) is 4.99. The SMILES string of the molecule is CC(=O)NCCC#Cc1ccccc1C. The van der Waals surface area contributed by atoms with Crippen LogP contribution in [0.4, 0.5) is 0 Å². The highest BCUT2D eigenvalue weighted by molar-refractivity contribution is 5.72. The Balaban J connectivity index is 2.45. The van der Waals surface area contributed by atoms with Crippen LogP contribution >= 0.6 is 0 Å². The molecule has 0 saturated carbocycles. The molecule has 0 heterocycles. The van der Waals surface area contributed by atoms with Crippen LogP contribution in [-0.4, -0.2) is 12.5 Å². The van der Waals surface area contributed by atoms with Gasteiger partial charge in [0.2, 0.25) is 5.91 Å². The van der Waals surface area contributed by atoms with Crippen LogP contribution in [0.2, 0.25) is 0 Å². The van der Waals surface area contributed by atoms with Gasteiger partial charge < -0.3 is 5.32 Å². The predicted octanol–water partition coefficient (Wildman–Crippen LogP) is 1.87. The number of hydrogen-bond donors (Lipinski definition) is 1. The van der Waals surface area contributed by atoms with E-state index in [4.69, 9.17) is 0 Å². The third-order valence-corrected chi connectivity index (χ3v) is 1.99. The molecule has 0 unspecified atom stereocenters. The zero-order valence-corrected chi connectivity index (χ0v) is 9.13. The second kappa shape index (κ2) is 5.87. The number of rotatable bonds is 2. The van der Waals surface area contributed by atoms with Gasteiger partial charge in [0.1, 0.15) is 0 Å². The molecule has 15 heavy (non-hydrogen) atoms. The fourth-order valence-electron chi connectivity index (χ4n) is 1.17. The van der Waals surface area contributed by atoms with Gasteiger partial charge in [0.25, 0.3) is 0 Å². The van der Waals surface area contributed by atoms with E-state index in [9.17, 15) is 4.79 Å². The molecule has 0 aliphatic carbocycles. The van der Waals surface area contributed by atoms with Crippen LogP contribution in [0.25, 0.3) is 0 Å². The van der Waals surface area contributed by atoms with Crippen molar-refractivity contribution < 1.29 is 4.79 Å². The molecule has 1 N–H and O–H groups in total. The molecule has 1 amide bonds. The topological polar surface area (TPSA) is 29.1 Å². The lowest BCUT2D eigenvalue weighted by Crippen LogP contribution is -2.20. The van der Waals surface area contributed by atoms with Crippen molar-refractivity contribution in [2.24, 2.45) is 0 Å². The lowest BCUT2D eigenvalue weighted by Gasteiger charge is -1.96. The summed E-state index contributed by atoms with van der Waals surface area (Å²) in [6.07, 6.45) is 0.688. The van der Waals surface area contributed by atoms with Crippen LogP contribution in [0.5, 0.6) is 0 Å². The van der Waals surface area contributed by atoms with Gasteiger partial charge in [-0.3, -0.25) is 4.79 Å². The zero-order valence-electron chi connectivity index (χ0n) is 9.13. The van der Waals surface area contributed by atoms with Crippen LogP contribution in [-0.2, 0) is 4.79 Å². The van der Waals surface area contributed by atoms with Crippen LogP contribution < -0.4 is 5.32 Å². The van der Waals surface area contributed by atoms with Gasteiger partial charge >= 0.3 is 0 Å². The third-order valence-electron chi connectivity index (χ3n) is 1.99. The second-order valence-corrected chi connectivity index (χ2v) is 3.35. The molecule has 0 aliphatic heterocycles. The van der Waals surface area contributed by atoms with E-state index in [0.29, 0.717) is 13.0 Å². The minimum absolute atomic E-state index is 0.00677. The zero-order chi connectivity index (χ0) is 11.1. The highest BCUT2D eigenvalue weighted by Crippen LogP contribution is 2.04. The molecule has 2 heteroatoms.